The Kier molecular flexibility index (Phi) is 31.2. The van der Waals surface area contributed by atoms with Crippen LogP contribution in [-0.4, -0.2) is 91.3 Å². The Bertz CT molecular complexity index is 3540. The first-order valence-corrected chi connectivity index (χ1v) is 54.9. The minimum Gasteiger partial charge on any atom is -0.286 e. The Labute approximate surface area is 756 Å². The van der Waals surface area contributed by atoms with Crippen LogP contribution in [0.4, 0.5) is 0 Å². The molecule has 8 nitrogen and oxygen atoms in total. The standard InChI is InChI=1S/C104H136N8S8/c1-9-73-81-82(74(10-2)90(114-58-66-43-27-18-28-44-66)89(73)113-57-65-41-25-17-26-42-65)98-105-97(81)109-99-83-75(11-3)91(115-59-67-45-29-19-30-46-67)92(116-60-68-47-31-20-32-48-68)76(12-4)84(83)101(106-99)111-103-87-79(15-7)95(119-63-71-53-37-23-38-54-71)96(120-64-72-55-39-24-40-56-72)80(16-8)88(87)104(108-103)112-102-86-78(14-6)94(118-62-70-51-35-22-36-52-70)93(117-61-69-49-33-21-34-50-69)77(13-5)85(86)100(107-102)110-98/h17-56,73-112H,9-16,57-64H2,1-8H3. The number of rotatable bonds is 32. The second-order valence-electron chi connectivity index (χ2n) is 36.4. The highest BCUT2D eigenvalue weighted by Gasteiger charge is 2.67. The second kappa shape index (κ2) is 42.4. The Morgan fingerprint density at radius 2 is 0.258 bits per heavy atom. The molecule has 8 bridgehead atoms. The minimum absolute atomic E-state index is 0.0596. The summed E-state index contributed by atoms with van der Waals surface area (Å²) in [6.45, 7) is 20.8. The topological polar surface area (TPSA) is 96.2 Å². The van der Waals surface area contributed by atoms with E-state index in [9.17, 15) is 0 Å². The number of fused-ring (bicyclic) bond motifs is 20. The molecule has 8 N–H and O–H groups in total. The van der Waals surface area contributed by atoms with E-state index in [2.05, 4.69) is 392 Å². The van der Waals surface area contributed by atoms with Crippen LogP contribution in [0.2, 0.25) is 0 Å². The molecular formula is C104H136N8S8. The van der Waals surface area contributed by atoms with E-state index in [1.807, 2.05) is 0 Å². The summed E-state index contributed by atoms with van der Waals surface area (Å²) in [6.07, 6.45) is 9.61. The second-order valence-corrected chi connectivity index (χ2v) is 45.8. The van der Waals surface area contributed by atoms with Gasteiger partial charge in [0, 0.05) is 88.0 Å². The average molecular weight is 1750 g/mol. The lowest BCUT2D eigenvalue weighted by Crippen LogP contribution is -2.62. The summed E-state index contributed by atoms with van der Waals surface area (Å²) < 4.78 is 0. The van der Waals surface area contributed by atoms with Crippen LogP contribution in [0.5, 0.6) is 0 Å². The molecule has 640 valence electrons. The Hall–Kier alpha value is -3.76. The van der Waals surface area contributed by atoms with Crippen molar-refractivity contribution in [2.45, 2.75) is 244 Å². The van der Waals surface area contributed by atoms with Gasteiger partial charge in [-0.1, -0.05) is 349 Å². The summed E-state index contributed by atoms with van der Waals surface area (Å²) in [7, 11) is 0. The molecule has 9 aliphatic rings. The number of thioether (sulfide) groups is 8. The molecule has 17 rings (SSSR count). The van der Waals surface area contributed by atoms with Crippen LogP contribution < -0.4 is 42.5 Å². The third kappa shape index (κ3) is 19.2. The molecule has 8 aromatic rings. The van der Waals surface area contributed by atoms with Crippen molar-refractivity contribution >= 4 is 94.1 Å². The molecule has 5 heterocycles. The summed E-state index contributed by atoms with van der Waals surface area (Å²) >= 11 is 18.5. The van der Waals surface area contributed by atoms with Gasteiger partial charge in [0.25, 0.3) is 0 Å². The lowest BCUT2D eigenvalue weighted by atomic mass is 9.62. The zero-order chi connectivity index (χ0) is 82.0. The first-order valence-electron chi connectivity index (χ1n) is 46.5. The van der Waals surface area contributed by atoms with Gasteiger partial charge in [0.1, 0.15) is 0 Å². The highest BCUT2D eigenvalue weighted by Crippen LogP contribution is 2.62. The van der Waals surface area contributed by atoms with Crippen LogP contribution in [0.15, 0.2) is 243 Å². The van der Waals surface area contributed by atoms with Gasteiger partial charge in [-0.15, -0.1) is 0 Å². The molecule has 5 saturated heterocycles. The maximum absolute atomic E-state index is 4.99. The molecule has 0 aromatic heterocycles. The highest BCUT2D eigenvalue weighted by molar-refractivity contribution is 8.04. The predicted molar refractivity (Wildman–Crippen MR) is 526 cm³/mol. The third-order valence-corrected chi connectivity index (χ3v) is 43.3. The molecule has 120 heavy (non-hydrogen) atoms. The minimum atomic E-state index is 0.0596. The van der Waals surface area contributed by atoms with Crippen LogP contribution in [0.3, 0.4) is 0 Å². The fourth-order valence-corrected chi connectivity index (χ4v) is 40.0. The van der Waals surface area contributed by atoms with Crippen LogP contribution in [0, 0.1) is 94.7 Å². The van der Waals surface area contributed by atoms with E-state index in [0.717, 1.165) is 97.4 Å². The van der Waals surface area contributed by atoms with Gasteiger partial charge in [-0.2, -0.15) is 94.1 Å². The number of hydrogen-bond acceptors (Lipinski definition) is 16. The van der Waals surface area contributed by atoms with Crippen LogP contribution in [0.25, 0.3) is 0 Å². The SMILES string of the molecule is CCC1C(SCc2ccccc2)C(SCc2ccccc2)C(CC)C2C3NC(NC4NC(NC5NC(NC6NC(N3)C3C(CC)C(SCc7ccccc7)C(SCc7ccccc7)C(CC)C63)C3C(CC)C(SCc6ccccc6)C(SCc6ccccc6)C(CC)C53)C3C(CC)C(SCc5ccccc5)C(SCc5ccccc5)C(CC)C43)C12. The van der Waals surface area contributed by atoms with E-state index < -0.39 is 0 Å². The van der Waals surface area contributed by atoms with Crippen molar-refractivity contribution in [1.82, 2.24) is 42.5 Å². The Balaban J connectivity index is 0.841. The first-order chi connectivity index (χ1) is 59.2. The highest BCUT2D eigenvalue weighted by atomic mass is 32.2. The average Bonchev–Trinajstić information content (AvgIpc) is 1.55. The number of hydrogen-bond donors (Lipinski definition) is 8. The zero-order valence-electron chi connectivity index (χ0n) is 72.1. The van der Waals surface area contributed by atoms with Crippen molar-refractivity contribution in [2.75, 3.05) is 0 Å². The molecule has 24 atom stereocenters. The molecule has 0 radical (unpaired) electrons. The molecular weight excluding hydrogens is 1620 g/mol. The van der Waals surface area contributed by atoms with E-state index >= 15 is 0 Å². The molecule has 0 spiro atoms. The van der Waals surface area contributed by atoms with Crippen LogP contribution in [0.1, 0.15) is 151 Å². The van der Waals surface area contributed by atoms with Gasteiger partial charge in [0.05, 0.1) is 49.3 Å². The van der Waals surface area contributed by atoms with Crippen molar-refractivity contribution in [1.29, 1.82) is 0 Å². The summed E-state index contributed by atoms with van der Waals surface area (Å²) in [6, 6.07) is 92.3. The lowest BCUT2D eigenvalue weighted by molar-refractivity contribution is 0.0532. The Morgan fingerprint density at radius 1 is 0.158 bits per heavy atom. The molecule has 4 saturated carbocycles. The van der Waals surface area contributed by atoms with Gasteiger partial charge in [-0.3, -0.25) is 42.5 Å². The summed E-state index contributed by atoms with van der Waals surface area (Å²) in [5.74, 6) is 14.9. The lowest BCUT2D eigenvalue weighted by Gasteiger charge is -2.53. The molecule has 0 amide bonds. The fraction of sp³-hybridized carbons (Fsp3) is 0.538. The smallest absolute Gasteiger partial charge is 0.0631 e. The van der Waals surface area contributed by atoms with Crippen molar-refractivity contribution in [3.05, 3.63) is 287 Å². The Morgan fingerprint density at radius 3 is 0.350 bits per heavy atom. The van der Waals surface area contributed by atoms with Gasteiger partial charge in [0.15, 0.2) is 0 Å². The predicted octanol–water partition coefficient (Wildman–Crippen LogP) is 23.0. The summed E-state index contributed by atoms with van der Waals surface area (Å²) in [5, 5.41) is 43.1. The zero-order valence-corrected chi connectivity index (χ0v) is 78.7. The van der Waals surface area contributed by atoms with Gasteiger partial charge in [0.2, 0.25) is 0 Å². The van der Waals surface area contributed by atoms with Gasteiger partial charge in [-0.05, 0) is 139 Å². The van der Waals surface area contributed by atoms with Gasteiger partial charge >= 0.3 is 0 Å². The van der Waals surface area contributed by atoms with Crippen molar-refractivity contribution in [3.8, 4) is 0 Å². The maximum atomic E-state index is 4.99. The fourth-order valence-electron chi connectivity index (χ4n) is 25.4. The molecule has 16 heteroatoms. The van der Waals surface area contributed by atoms with E-state index in [0.29, 0.717) is 137 Å². The third-order valence-electron chi connectivity index (χ3n) is 30.4. The summed E-state index contributed by atoms with van der Waals surface area (Å²) in [5.41, 5.74) is 11.6. The first kappa shape index (κ1) is 88.3. The maximum Gasteiger partial charge on any atom is 0.0631 e. The van der Waals surface area contributed by atoms with Gasteiger partial charge in [-0.25, -0.2) is 0 Å². The van der Waals surface area contributed by atoms with E-state index in [1.54, 1.807) is 0 Å². The number of nitrogens with one attached hydrogen (secondary N) is 8. The molecule has 4 aliphatic carbocycles. The number of benzene rings is 8. The quantitative estimate of drug-likeness (QED) is 0.0205. The molecule has 9 fully saturated rings. The molecule has 5 aliphatic heterocycles. The molecule has 8 aromatic carbocycles. The monoisotopic (exact) mass is 1750 g/mol. The normalized spacial score (nSPS) is 36.9. The van der Waals surface area contributed by atoms with E-state index in [4.69, 9.17) is 42.5 Å². The molecule has 24 unspecified atom stereocenters. The van der Waals surface area contributed by atoms with Gasteiger partial charge < -0.3 is 0 Å². The van der Waals surface area contributed by atoms with E-state index in [1.165, 1.54) is 44.5 Å². The van der Waals surface area contributed by atoms with Crippen LogP contribution in [-0.2, 0) is 46.0 Å². The van der Waals surface area contributed by atoms with Crippen molar-refractivity contribution in [2.24, 2.45) is 94.7 Å². The largest absolute Gasteiger partial charge is 0.286 e. The van der Waals surface area contributed by atoms with Crippen molar-refractivity contribution in [3.63, 3.8) is 0 Å². The van der Waals surface area contributed by atoms with Crippen LogP contribution >= 0.6 is 94.1 Å². The van der Waals surface area contributed by atoms with E-state index in [-0.39, 0.29) is 49.3 Å². The van der Waals surface area contributed by atoms with Crippen molar-refractivity contribution < 1.29 is 0 Å². The summed E-state index contributed by atoms with van der Waals surface area (Å²) in [4.78, 5) is 0.